The highest BCUT2D eigenvalue weighted by atomic mass is 32.1. The molecule has 0 saturated carbocycles. The summed E-state index contributed by atoms with van der Waals surface area (Å²) in [5.74, 6) is 0.288. The second-order valence-electron chi connectivity index (χ2n) is 6.51. The maximum Gasteiger partial charge on any atom is 0.183 e. The first-order chi connectivity index (χ1) is 12.6. The Kier molecular flexibility index (Phi) is 4.35. The van der Waals surface area contributed by atoms with Crippen LogP contribution in [0, 0.1) is 13.8 Å². The predicted molar refractivity (Wildman–Crippen MR) is 109 cm³/mol. The van der Waals surface area contributed by atoms with Crippen LogP contribution in [-0.2, 0) is 0 Å². The molecule has 1 aromatic heterocycles. The minimum absolute atomic E-state index is 0.188. The fraction of sp³-hybridized carbons (Fsp3) is 0.136. The third kappa shape index (κ3) is 3.16. The van der Waals surface area contributed by atoms with Crippen molar-refractivity contribution < 1.29 is 5.11 Å². The van der Waals surface area contributed by atoms with Gasteiger partial charge in [-0.1, -0.05) is 60.2 Å². The molecule has 1 atom stereocenters. The molecule has 2 N–H and O–H groups in total. The molecular weight excluding hydrogens is 340 g/mol. The Balaban J connectivity index is 1.92. The molecule has 3 nitrogen and oxygen atoms in total. The number of aryl methyl sites for hydroxylation is 2. The third-order valence-corrected chi connectivity index (χ3v) is 5.39. The van der Waals surface area contributed by atoms with Gasteiger partial charge in [0.2, 0.25) is 0 Å². The number of benzene rings is 3. The summed E-state index contributed by atoms with van der Waals surface area (Å²) in [5, 5.41) is 19.3. The fourth-order valence-electron chi connectivity index (χ4n) is 3.30. The number of hydrogen-bond acceptors (Lipinski definition) is 4. The summed E-state index contributed by atoms with van der Waals surface area (Å²) in [7, 11) is 0. The molecule has 0 fully saturated rings. The van der Waals surface area contributed by atoms with Crippen molar-refractivity contribution in [1.29, 1.82) is 0 Å². The lowest BCUT2D eigenvalue weighted by Crippen LogP contribution is -2.13. The molecule has 0 amide bonds. The SMILES string of the molecule is Cc1cccc(C(Nc2nc(C)cs2)c2c(O)ccc3ccccc23)c1. The maximum absolute atomic E-state index is 10.7. The maximum atomic E-state index is 10.7. The van der Waals surface area contributed by atoms with E-state index in [1.165, 1.54) is 5.56 Å². The zero-order valence-electron chi connectivity index (χ0n) is 14.7. The molecule has 0 aliphatic carbocycles. The quantitative estimate of drug-likeness (QED) is 0.482. The number of phenols is 1. The van der Waals surface area contributed by atoms with E-state index in [0.29, 0.717) is 0 Å². The summed E-state index contributed by atoms with van der Waals surface area (Å²) in [5.41, 5.74) is 4.15. The Morgan fingerprint density at radius 2 is 1.85 bits per heavy atom. The van der Waals surface area contributed by atoms with Crippen LogP contribution in [0.3, 0.4) is 0 Å². The van der Waals surface area contributed by atoms with Crippen LogP contribution in [0.1, 0.15) is 28.4 Å². The molecule has 0 radical (unpaired) electrons. The number of phenolic OH excluding ortho intramolecular Hbond substituents is 1. The smallest absolute Gasteiger partial charge is 0.183 e. The molecule has 3 aromatic carbocycles. The minimum atomic E-state index is -0.188. The monoisotopic (exact) mass is 360 g/mol. The van der Waals surface area contributed by atoms with E-state index in [0.717, 1.165) is 32.7 Å². The van der Waals surface area contributed by atoms with Gasteiger partial charge in [0, 0.05) is 10.9 Å². The summed E-state index contributed by atoms with van der Waals surface area (Å²) in [4.78, 5) is 4.56. The number of anilines is 1. The van der Waals surface area contributed by atoms with Gasteiger partial charge in [-0.2, -0.15) is 0 Å². The molecule has 0 aliphatic rings. The van der Waals surface area contributed by atoms with Crippen LogP contribution in [0.5, 0.6) is 5.75 Å². The standard InChI is InChI=1S/C22H20N2OS/c1-14-6-5-8-17(12-14)21(24-22-23-15(2)13-26-22)20-18-9-4-3-7-16(18)10-11-19(20)25/h3-13,21,25H,1-2H3,(H,23,24). The van der Waals surface area contributed by atoms with Crippen LogP contribution in [0.4, 0.5) is 5.13 Å². The van der Waals surface area contributed by atoms with E-state index in [2.05, 4.69) is 53.6 Å². The largest absolute Gasteiger partial charge is 0.508 e. The molecule has 0 spiro atoms. The van der Waals surface area contributed by atoms with Gasteiger partial charge in [0.25, 0.3) is 0 Å². The van der Waals surface area contributed by atoms with Crippen molar-refractivity contribution in [3.8, 4) is 5.75 Å². The van der Waals surface area contributed by atoms with Gasteiger partial charge in [0.05, 0.1) is 11.7 Å². The molecule has 0 aliphatic heterocycles. The predicted octanol–water partition coefficient (Wildman–Crippen LogP) is 5.82. The van der Waals surface area contributed by atoms with Crippen molar-refractivity contribution in [3.05, 3.63) is 88.4 Å². The van der Waals surface area contributed by atoms with Crippen molar-refractivity contribution in [2.75, 3.05) is 5.32 Å². The topological polar surface area (TPSA) is 45.2 Å². The first kappa shape index (κ1) is 16.6. The number of nitrogens with one attached hydrogen (secondary N) is 1. The first-order valence-electron chi connectivity index (χ1n) is 8.57. The Bertz CT molecular complexity index is 1070. The molecule has 1 heterocycles. The van der Waals surface area contributed by atoms with Gasteiger partial charge in [0.1, 0.15) is 5.75 Å². The Labute approximate surface area is 157 Å². The van der Waals surface area contributed by atoms with Gasteiger partial charge in [-0.05, 0) is 36.2 Å². The second kappa shape index (κ2) is 6.81. The van der Waals surface area contributed by atoms with Crippen LogP contribution < -0.4 is 5.32 Å². The highest BCUT2D eigenvalue weighted by Crippen LogP contribution is 2.38. The molecule has 4 heteroatoms. The first-order valence-corrected chi connectivity index (χ1v) is 9.45. The average molecular weight is 360 g/mol. The molecule has 26 heavy (non-hydrogen) atoms. The number of aromatic hydroxyl groups is 1. The number of hydrogen-bond donors (Lipinski definition) is 2. The van der Waals surface area contributed by atoms with Gasteiger partial charge in [-0.15, -0.1) is 11.3 Å². The highest BCUT2D eigenvalue weighted by Gasteiger charge is 2.21. The lowest BCUT2D eigenvalue weighted by molar-refractivity contribution is 0.468. The number of rotatable bonds is 4. The number of thiazole rings is 1. The van der Waals surface area contributed by atoms with Gasteiger partial charge < -0.3 is 10.4 Å². The van der Waals surface area contributed by atoms with Gasteiger partial charge in [-0.25, -0.2) is 4.98 Å². The van der Waals surface area contributed by atoms with E-state index in [1.54, 1.807) is 17.4 Å². The number of fused-ring (bicyclic) bond motifs is 1. The molecule has 0 bridgehead atoms. The lowest BCUT2D eigenvalue weighted by atomic mass is 9.92. The molecule has 1 unspecified atom stereocenters. The van der Waals surface area contributed by atoms with E-state index in [4.69, 9.17) is 0 Å². The van der Waals surface area contributed by atoms with E-state index < -0.39 is 0 Å². The van der Waals surface area contributed by atoms with E-state index in [-0.39, 0.29) is 11.8 Å². The van der Waals surface area contributed by atoms with Crippen molar-refractivity contribution in [2.45, 2.75) is 19.9 Å². The summed E-state index contributed by atoms with van der Waals surface area (Å²) < 4.78 is 0. The number of nitrogens with zero attached hydrogens (tertiary/aromatic N) is 1. The Hall–Kier alpha value is -2.85. The van der Waals surface area contributed by atoms with Gasteiger partial charge in [0.15, 0.2) is 5.13 Å². The minimum Gasteiger partial charge on any atom is -0.508 e. The highest BCUT2D eigenvalue weighted by molar-refractivity contribution is 7.13. The van der Waals surface area contributed by atoms with Crippen LogP contribution >= 0.6 is 11.3 Å². The normalized spacial score (nSPS) is 12.2. The molecule has 4 aromatic rings. The summed E-state index contributed by atoms with van der Waals surface area (Å²) in [6.07, 6.45) is 0. The van der Waals surface area contributed by atoms with Crippen molar-refractivity contribution in [3.63, 3.8) is 0 Å². The van der Waals surface area contributed by atoms with E-state index in [9.17, 15) is 5.11 Å². The lowest BCUT2D eigenvalue weighted by Gasteiger charge is -2.22. The molecular formula is C22H20N2OS. The Morgan fingerprint density at radius 3 is 2.62 bits per heavy atom. The van der Waals surface area contributed by atoms with Crippen molar-refractivity contribution in [2.24, 2.45) is 0 Å². The van der Waals surface area contributed by atoms with E-state index in [1.807, 2.05) is 30.5 Å². The Morgan fingerprint density at radius 1 is 1.00 bits per heavy atom. The molecule has 130 valence electrons. The van der Waals surface area contributed by atoms with E-state index >= 15 is 0 Å². The fourth-order valence-corrected chi connectivity index (χ4v) is 4.02. The third-order valence-electron chi connectivity index (χ3n) is 4.50. The van der Waals surface area contributed by atoms with Crippen LogP contribution in [0.15, 0.2) is 66.0 Å². The van der Waals surface area contributed by atoms with Crippen LogP contribution in [0.2, 0.25) is 0 Å². The zero-order valence-corrected chi connectivity index (χ0v) is 15.5. The summed E-state index contributed by atoms with van der Waals surface area (Å²) >= 11 is 1.58. The van der Waals surface area contributed by atoms with Crippen molar-refractivity contribution >= 4 is 27.2 Å². The average Bonchev–Trinajstić information content (AvgIpc) is 3.05. The molecule has 4 rings (SSSR count). The summed E-state index contributed by atoms with van der Waals surface area (Å²) in [6, 6.07) is 20.1. The van der Waals surface area contributed by atoms with Crippen LogP contribution in [-0.4, -0.2) is 10.1 Å². The zero-order chi connectivity index (χ0) is 18.1. The second-order valence-corrected chi connectivity index (χ2v) is 7.36. The van der Waals surface area contributed by atoms with Gasteiger partial charge in [-0.3, -0.25) is 0 Å². The molecule has 0 saturated heterocycles. The van der Waals surface area contributed by atoms with Crippen molar-refractivity contribution in [1.82, 2.24) is 4.98 Å². The van der Waals surface area contributed by atoms with Crippen LogP contribution in [0.25, 0.3) is 10.8 Å². The van der Waals surface area contributed by atoms with Gasteiger partial charge >= 0.3 is 0 Å². The number of aromatic nitrogens is 1. The summed E-state index contributed by atoms with van der Waals surface area (Å²) in [6.45, 7) is 4.07.